The van der Waals surface area contributed by atoms with Crippen LogP contribution in [0.5, 0.6) is 0 Å². The third-order valence-electron chi connectivity index (χ3n) is 4.06. The lowest BCUT2D eigenvalue weighted by molar-refractivity contribution is -0.142. The molecular formula is C12H20F2N2O. The van der Waals surface area contributed by atoms with Gasteiger partial charge in [-0.05, 0) is 20.8 Å². The van der Waals surface area contributed by atoms with Crippen LogP contribution in [0.4, 0.5) is 8.78 Å². The molecule has 1 aliphatic carbocycles. The zero-order valence-corrected chi connectivity index (χ0v) is 10.7. The van der Waals surface area contributed by atoms with E-state index in [1.807, 2.05) is 0 Å². The van der Waals surface area contributed by atoms with Gasteiger partial charge < -0.3 is 4.90 Å². The lowest BCUT2D eigenvalue weighted by atomic mass is 10.1. The van der Waals surface area contributed by atoms with Crippen LogP contribution in [0.3, 0.4) is 0 Å². The first-order chi connectivity index (χ1) is 7.78. The van der Waals surface area contributed by atoms with Gasteiger partial charge in [-0.1, -0.05) is 0 Å². The number of rotatable bonds is 2. The number of carbonyl (C=O) groups excluding carboxylic acids is 1. The fraction of sp³-hybridized carbons (Fsp3) is 0.917. The van der Waals surface area contributed by atoms with E-state index >= 15 is 0 Å². The van der Waals surface area contributed by atoms with Gasteiger partial charge in [0.25, 0.3) is 5.92 Å². The van der Waals surface area contributed by atoms with E-state index in [0.717, 1.165) is 13.1 Å². The fourth-order valence-corrected chi connectivity index (χ4v) is 2.42. The molecule has 0 aromatic heterocycles. The Hall–Kier alpha value is -0.710. The molecule has 1 saturated carbocycles. The summed E-state index contributed by atoms with van der Waals surface area (Å²) in [5.74, 6) is -3.16. The summed E-state index contributed by atoms with van der Waals surface area (Å²) in [5, 5.41) is 0. The van der Waals surface area contributed by atoms with Crippen molar-refractivity contribution in [3.05, 3.63) is 0 Å². The normalized spacial score (nSPS) is 32.9. The van der Waals surface area contributed by atoms with Gasteiger partial charge in [-0.3, -0.25) is 9.69 Å². The highest BCUT2D eigenvalue weighted by molar-refractivity contribution is 5.87. The average molecular weight is 246 g/mol. The van der Waals surface area contributed by atoms with Crippen LogP contribution in [0.25, 0.3) is 0 Å². The maximum atomic E-state index is 13.1. The summed E-state index contributed by atoms with van der Waals surface area (Å²) in [6, 6.07) is 0.449. The molecule has 1 saturated heterocycles. The van der Waals surface area contributed by atoms with Crippen LogP contribution >= 0.6 is 0 Å². The predicted octanol–water partition coefficient (Wildman–Crippen LogP) is 1.58. The third-order valence-corrected chi connectivity index (χ3v) is 4.06. The Morgan fingerprint density at radius 1 is 1.18 bits per heavy atom. The summed E-state index contributed by atoms with van der Waals surface area (Å²) in [4.78, 5) is 15.9. The number of nitrogens with zero attached hydrogens (tertiary/aromatic N) is 2. The standard InChI is InChI=1S/C12H20F2N2O/c1-9(2)15-4-6-16(7-5-15)10(17)11(3)8-12(11,13)14/h9H,4-8H2,1-3H3/t11-/m0/s1. The lowest BCUT2D eigenvalue weighted by Gasteiger charge is -2.38. The van der Waals surface area contributed by atoms with Crippen LogP contribution in [-0.2, 0) is 4.79 Å². The topological polar surface area (TPSA) is 23.6 Å². The van der Waals surface area contributed by atoms with Gasteiger partial charge in [0.15, 0.2) is 0 Å². The molecule has 2 fully saturated rings. The number of alkyl halides is 2. The molecule has 5 heteroatoms. The molecule has 1 heterocycles. The van der Waals surface area contributed by atoms with Crippen molar-refractivity contribution in [2.45, 2.75) is 39.2 Å². The van der Waals surface area contributed by atoms with Crippen LogP contribution in [0.2, 0.25) is 0 Å². The van der Waals surface area contributed by atoms with Crippen molar-refractivity contribution >= 4 is 5.91 Å². The minimum atomic E-state index is -2.79. The predicted molar refractivity (Wildman–Crippen MR) is 61.0 cm³/mol. The maximum absolute atomic E-state index is 13.1. The van der Waals surface area contributed by atoms with Crippen molar-refractivity contribution in [2.75, 3.05) is 26.2 Å². The highest BCUT2D eigenvalue weighted by Gasteiger charge is 2.73. The number of amides is 1. The molecule has 2 aliphatic rings. The molecule has 0 bridgehead atoms. The highest BCUT2D eigenvalue weighted by Crippen LogP contribution is 2.61. The molecule has 0 N–H and O–H groups in total. The Morgan fingerprint density at radius 2 is 1.65 bits per heavy atom. The average Bonchev–Trinajstić information content (AvgIpc) is 2.78. The largest absolute Gasteiger partial charge is 0.339 e. The number of halogens is 2. The van der Waals surface area contributed by atoms with E-state index < -0.39 is 11.3 Å². The SMILES string of the molecule is CC(C)N1CCN(C(=O)[C@]2(C)CC2(F)F)CC1. The van der Waals surface area contributed by atoms with Crippen LogP contribution < -0.4 is 0 Å². The molecule has 0 unspecified atom stereocenters. The van der Waals surface area contributed by atoms with Crippen LogP contribution in [0.15, 0.2) is 0 Å². The Kier molecular flexibility index (Phi) is 2.92. The van der Waals surface area contributed by atoms with E-state index in [4.69, 9.17) is 0 Å². The Labute approximate surface area is 101 Å². The first kappa shape index (κ1) is 12.7. The van der Waals surface area contributed by atoms with E-state index in [1.54, 1.807) is 4.90 Å². The van der Waals surface area contributed by atoms with Crippen molar-refractivity contribution in [3.63, 3.8) is 0 Å². The zero-order valence-electron chi connectivity index (χ0n) is 10.7. The van der Waals surface area contributed by atoms with E-state index in [9.17, 15) is 13.6 Å². The number of carbonyl (C=O) groups is 1. The quantitative estimate of drug-likeness (QED) is 0.738. The molecule has 0 aromatic rings. The summed E-state index contributed by atoms with van der Waals surface area (Å²) in [6.07, 6.45) is -0.288. The fourth-order valence-electron chi connectivity index (χ4n) is 2.42. The summed E-state index contributed by atoms with van der Waals surface area (Å²) in [6.45, 7) is 8.30. The summed E-state index contributed by atoms with van der Waals surface area (Å²) >= 11 is 0. The Bertz CT molecular complexity index is 324. The highest BCUT2D eigenvalue weighted by atomic mass is 19.3. The van der Waals surface area contributed by atoms with Gasteiger partial charge in [0.2, 0.25) is 5.91 Å². The first-order valence-corrected chi connectivity index (χ1v) is 6.19. The van der Waals surface area contributed by atoms with Crippen molar-refractivity contribution in [1.82, 2.24) is 9.80 Å². The minimum absolute atomic E-state index is 0.288. The molecule has 1 aliphatic heterocycles. The van der Waals surface area contributed by atoms with Crippen molar-refractivity contribution in [1.29, 1.82) is 0 Å². The number of hydrogen-bond acceptors (Lipinski definition) is 2. The van der Waals surface area contributed by atoms with Crippen LogP contribution in [-0.4, -0.2) is 53.9 Å². The molecule has 3 nitrogen and oxygen atoms in total. The molecule has 1 amide bonds. The smallest absolute Gasteiger partial charge is 0.263 e. The lowest BCUT2D eigenvalue weighted by Crippen LogP contribution is -2.52. The van der Waals surface area contributed by atoms with Gasteiger partial charge in [0.1, 0.15) is 5.41 Å². The monoisotopic (exact) mass is 246 g/mol. The van der Waals surface area contributed by atoms with E-state index in [-0.39, 0.29) is 12.3 Å². The zero-order chi connectivity index (χ0) is 12.8. The number of piperazine rings is 1. The van der Waals surface area contributed by atoms with Gasteiger partial charge in [-0.15, -0.1) is 0 Å². The molecule has 0 radical (unpaired) electrons. The second-order valence-corrected chi connectivity index (χ2v) is 5.64. The minimum Gasteiger partial charge on any atom is -0.339 e. The second-order valence-electron chi connectivity index (χ2n) is 5.64. The van der Waals surface area contributed by atoms with Crippen LogP contribution in [0, 0.1) is 5.41 Å². The van der Waals surface area contributed by atoms with Crippen molar-refractivity contribution < 1.29 is 13.6 Å². The molecule has 0 spiro atoms. The van der Waals surface area contributed by atoms with Crippen LogP contribution in [0.1, 0.15) is 27.2 Å². The molecule has 2 rings (SSSR count). The van der Waals surface area contributed by atoms with Crippen molar-refractivity contribution in [3.8, 4) is 0 Å². The maximum Gasteiger partial charge on any atom is 0.263 e. The molecule has 17 heavy (non-hydrogen) atoms. The number of hydrogen-bond donors (Lipinski definition) is 0. The second kappa shape index (κ2) is 3.90. The Balaban J connectivity index is 1.92. The van der Waals surface area contributed by atoms with Gasteiger partial charge >= 0.3 is 0 Å². The van der Waals surface area contributed by atoms with E-state index in [2.05, 4.69) is 18.7 Å². The van der Waals surface area contributed by atoms with Crippen molar-refractivity contribution in [2.24, 2.45) is 5.41 Å². The van der Waals surface area contributed by atoms with E-state index in [1.165, 1.54) is 6.92 Å². The summed E-state index contributed by atoms with van der Waals surface area (Å²) in [5.41, 5.74) is -1.42. The first-order valence-electron chi connectivity index (χ1n) is 6.19. The van der Waals surface area contributed by atoms with E-state index in [0.29, 0.717) is 19.1 Å². The Morgan fingerprint density at radius 3 is 2.00 bits per heavy atom. The molecule has 1 atom stereocenters. The van der Waals surface area contributed by atoms with Gasteiger partial charge in [-0.2, -0.15) is 0 Å². The van der Waals surface area contributed by atoms with Gasteiger partial charge in [-0.25, -0.2) is 8.78 Å². The van der Waals surface area contributed by atoms with Gasteiger partial charge in [0.05, 0.1) is 0 Å². The summed E-state index contributed by atoms with van der Waals surface area (Å²) in [7, 11) is 0. The van der Waals surface area contributed by atoms with Gasteiger partial charge in [0, 0.05) is 38.6 Å². The molecule has 98 valence electrons. The molecular weight excluding hydrogens is 226 g/mol. The molecule has 0 aromatic carbocycles. The summed E-state index contributed by atoms with van der Waals surface area (Å²) < 4.78 is 26.3. The third kappa shape index (κ3) is 2.05.